The van der Waals surface area contributed by atoms with Gasteiger partial charge in [-0.1, -0.05) is 22.0 Å². The smallest absolute Gasteiger partial charge is 0.130 e. The average Bonchev–Trinajstić information content (AvgIpc) is 3.44. The maximum atomic E-state index is 4.86. The van der Waals surface area contributed by atoms with Crippen LogP contribution in [0.2, 0.25) is 0 Å². The van der Waals surface area contributed by atoms with E-state index in [4.69, 9.17) is 4.98 Å². The van der Waals surface area contributed by atoms with Crippen molar-refractivity contribution in [3.8, 4) is 0 Å². The summed E-state index contributed by atoms with van der Waals surface area (Å²) in [6.07, 6.45) is 4.41. The lowest BCUT2D eigenvalue weighted by atomic mass is 10.1. The van der Waals surface area contributed by atoms with Crippen molar-refractivity contribution in [3.05, 3.63) is 58.2 Å². The highest BCUT2D eigenvalue weighted by molar-refractivity contribution is 9.10. The number of benzene rings is 1. The Balaban J connectivity index is 1.45. The van der Waals surface area contributed by atoms with E-state index in [0.717, 1.165) is 34.7 Å². The molecule has 0 atom stereocenters. The van der Waals surface area contributed by atoms with Gasteiger partial charge in [0, 0.05) is 29.1 Å². The molecule has 0 saturated heterocycles. The largest absolute Gasteiger partial charge is 0.368 e. The lowest BCUT2D eigenvalue weighted by molar-refractivity contribution is 1.02. The van der Waals surface area contributed by atoms with Gasteiger partial charge in [-0.15, -0.1) is 0 Å². The Bertz CT molecular complexity index is 888. The number of fused-ring (bicyclic) bond motifs is 1. The summed E-state index contributed by atoms with van der Waals surface area (Å²) < 4.78 is 1.10. The van der Waals surface area contributed by atoms with E-state index in [9.17, 15) is 0 Å². The predicted molar refractivity (Wildman–Crippen MR) is 107 cm³/mol. The van der Waals surface area contributed by atoms with Crippen molar-refractivity contribution in [1.29, 1.82) is 0 Å². The van der Waals surface area contributed by atoms with Gasteiger partial charge in [0.15, 0.2) is 0 Å². The molecule has 2 heterocycles. The van der Waals surface area contributed by atoms with Crippen molar-refractivity contribution in [2.45, 2.75) is 25.7 Å². The highest BCUT2D eigenvalue weighted by atomic mass is 79.9. The number of hydrogen-bond acceptors (Lipinski definition) is 4. The third kappa shape index (κ3) is 3.93. The van der Waals surface area contributed by atoms with Gasteiger partial charge in [0.25, 0.3) is 0 Å². The van der Waals surface area contributed by atoms with Crippen molar-refractivity contribution < 1.29 is 0 Å². The highest BCUT2D eigenvalue weighted by Crippen LogP contribution is 2.44. The van der Waals surface area contributed by atoms with E-state index in [2.05, 4.69) is 55.8 Å². The summed E-state index contributed by atoms with van der Waals surface area (Å²) in [7, 11) is 0. The van der Waals surface area contributed by atoms with Crippen molar-refractivity contribution in [1.82, 2.24) is 9.97 Å². The van der Waals surface area contributed by atoms with Crippen molar-refractivity contribution in [2.75, 3.05) is 23.7 Å². The molecule has 1 aliphatic carbocycles. The predicted octanol–water partition coefficient (Wildman–Crippen LogP) is 5.10. The molecular weight excluding hydrogens is 376 g/mol. The minimum Gasteiger partial charge on any atom is -0.368 e. The normalized spacial score (nSPS) is 13.8. The summed E-state index contributed by atoms with van der Waals surface area (Å²) in [5, 5.41) is 8.05. The number of aryl methyl sites for hydroxylation is 1. The number of nitrogens with one attached hydrogen (secondary N) is 2. The third-order valence-corrected chi connectivity index (χ3v) is 4.95. The number of pyridine rings is 2. The summed E-state index contributed by atoms with van der Waals surface area (Å²) in [5.41, 5.74) is 3.55. The first-order valence-corrected chi connectivity index (χ1v) is 9.49. The van der Waals surface area contributed by atoms with Crippen LogP contribution in [-0.2, 0) is 0 Å². The first kappa shape index (κ1) is 16.3. The fourth-order valence-electron chi connectivity index (χ4n) is 2.95. The monoisotopic (exact) mass is 396 g/mol. The molecule has 4 rings (SSSR count). The molecule has 3 aromatic rings. The number of anilines is 2. The zero-order chi connectivity index (χ0) is 17.2. The SMILES string of the molecule is Cc1ccc(NCCNc2nc3ccc(Br)cc3cc2C2CC2)nc1. The molecule has 0 amide bonds. The Hall–Kier alpha value is -2.14. The maximum Gasteiger partial charge on any atom is 0.130 e. The molecule has 4 nitrogen and oxygen atoms in total. The Morgan fingerprint density at radius 1 is 1.08 bits per heavy atom. The summed E-state index contributed by atoms with van der Waals surface area (Å²) in [6.45, 7) is 3.66. The van der Waals surface area contributed by atoms with E-state index >= 15 is 0 Å². The van der Waals surface area contributed by atoms with Gasteiger partial charge < -0.3 is 10.6 Å². The van der Waals surface area contributed by atoms with Crippen molar-refractivity contribution >= 4 is 38.5 Å². The number of aromatic nitrogens is 2. The van der Waals surface area contributed by atoms with Crippen LogP contribution in [-0.4, -0.2) is 23.1 Å². The number of halogens is 1. The summed E-state index contributed by atoms with van der Waals surface area (Å²) in [4.78, 5) is 9.23. The van der Waals surface area contributed by atoms with Gasteiger partial charge in [-0.05, 0) is 67.1 Å². The molecule has 25 heavy (non-hydrogen) atoms. The zero-order valence-electron chi connectivity index (χ0n) is 14.2. The first-order valence-electron chi connectivity index (χ1n) is 8.70. The van der Waals surface area contributed by atoms with Gasteiger partial charge in [-0.3, -0.25) is 0 Å². The fourth-order valence-corrected chi connectivity index (χ4v) is 3.33. The molecule has 1 saturated carbocycles. The van der Waals surface area contributed by atoms with Gasteiger partial charge in [0.1, 0.15) is 11.6 Å². The average molecular weight is 397 g/mol. The van der Waals surface area contributed by atoms with E-state index in [0.29, 0.717) is 5.92 Å². The standard InChI is InChI=1S/C20H21BrN4/c1-13-2-7-19(24-12-13)22-8-9-23-20-17(14-3-4-14)11-15-10-16(21)5-6-18(15)25-20/h2,5-7,10-12,14H,3-4,8-9H2,1H3,(H,22,24)(H,23,25). The molecule has 1 aromatic carbocycles. The van der Waals surface area contributed by atoms with Crippen LogP contribution in [0.3, 0.4) is 0 Å². The molecule has 0 radical (unpaired) electrons. The second kappa shape index (κ2) is 7.00. The minimum atomic E-state index is 0.658. The number of hydrogen-bond donors (Lipinski definition) is 2. The van der Waals surface area contributed by atoms with E-state index in [-0.39, 0.29) is 0 Å². The van der Waals surface area contributed by atoms with Gasteiger partial charge in [0.05, 0.1) is 5.52 Å². The zero-order valence-corrected chi connectivity index (χ0v) is 15.8. The van der Waals surface area contributed by atoms with Crippen LogP contribution in [0.5, 0.6) is 0 Å². The number of nitrogens with zero attached hydrogens (tertiary/aromatic N) is 2. The molecule has 0 aliphatic heterocycles. The third-order valence-electron chi connectivity index (χ3n) is 4.46. The van der Waals surface area contributed by atoms with E-state index < -0.39 is 0 Å². The van der Waals surface area contributed by atoms with Gasteiger partial charge in [-0.2, -0.15) is 0 Å². The topological polar surface area (TPSA) is 49.8 Å². The lowest BCUT2D eigenvalue weighted by Crippen LogP contribution is -2.16. The molecule has 0 unspecified atom stereocenters. The molecular formula is C20H21BrN4. The van der Waals surface area contributed by atoms with Crippen LogP contribution in [0.1, 0.15) is 29.9 Å². The second-order valence-corrected chi connectivity index (χ2v) is 7.53. The molecule has 1 fully saturated rings. The molecule has 2 N–H and O–H groups in total. The maximum absolute atomic E-state index is 4.86. The van der Waals surface area contributed by atoms with Gasteiger partial charge in [0.2, 0.25) is 0 Å². The molecule has 0 bridgehead atoms. The van der Waals surface area contributed by atoms with Gasteiger partial charge >= 0.3 is 0 Å². The molecule has 1 aliphatic rings. The summed E-state index contributed by atoms with van der Waals surface area (Å²) in [6, 6.07) is 12.6. The summed E-state index contributed by atoms with van der Waals surface area (Å²) >= 11 is 3.55. The van der Waals surface area contributed by atoms with Crippen LogP contribution in [0.4, 0.5) is 11.6 Å². The Labute approximate surface area is 156 Å². The van der Waals surface area contributed by atoms with E-state index in [1.54, 1.807) is 0 Å². The minimum absolute atomic E-state index is 0.658. The summed E-state index contributed by atoms with van der Waals surface area (Å²) in [5.74, 6) is 2.59. The van der Waals surface area contributed by atoms with Crippen LogP contribution < -0.4 is 10.6 Å². The Morgan fingerprint density at radius 2 is 1.92 bits per heavy atom. The van der Waals surface area contributed by atoms with E-state index in [1.807, 2.05) is 25.3 Å². The van der Waals surface area contributed by atoms with Crippen LogP contribution in [0.15, 0.2) is 47.1 Å². The Kier molecular flexibility index (Phi) is 4.57. The molecule has 128 valence electrons. The van der Waals surface area contributed by atoms with Crippen molar-refractivity contribution in [3.63, 3.8) is 0 Å². The highest BCUT2D eigenvalue weighted by Gasteiger charge is 2.27. The van der Waals surface area contributed by atoms with Gasteiger partial charge in [-0.25, -0.2) is 9.97 Å². The van der Waals surface area contributed by atoms with Crippen molar-refractivity contribution in [2.24, 2.45) is 0 Å². The van der Waals surface area contributed by atoms with Crippen LogP contribution in [0, 0.1) is 6.92 Å². The molecule has 2 aromatic heterocycles. The first-order chi connectivity index (χ1) is 12.2. The number of rotatable bonds is 6. The molecule has 0 spiro atoms. The van der Waals surface area contributed by atoms with Crippen LogP contribution in [0.25, 0.3) is 10.9 Å². The Morgan fingerprint density at radius 3 is 2.68 bits per heavy atom. The lowest BCUT2D eigenvalue weighted by Gasteiger charge is -2.13. The second-order valence-electron chi connectivity index (χ2n) is 6.61. The molecule has 5 heteroatoms. The fraction of sp³-hybridized carbons (Fsp3) is 0.300. The van der Waals surface area contributed by atoms with E-state index in [1.165, 1.54) is 29.4 Å². The van der Waals surface area contributed by atoms with Crippen LogP contribution >= 0.6 is 15.9 Å². The quantitative estimate of drug-likeness (QED) is 0.568.